The van der Waals surface area contributed by atoms with Gasteiger partial charge in [0.2, 0.25) is 5.95 Å². The molecule has 6 heteroatoms. The lowest BCUT2D eigenvalue weighted by atomic mass is 10.1. The summed E-state index contributed by atoms with van der Waals surface area (Å²) in [7, 11) is 0. The zero-order chi connectivity index (χ0) is 15.5. The fourth-order valence-electron chi connectivity index (χ4n) is 2.39. The van der Waals surface area contributed by atoms with Crippen LogP contribution in [-0.4, -0.2) is 19.5 Å². The first-order chi connectivity index (χ1) is 10.7. The van der Waals surface area contributed by atoms with Crippen molar-refractivity contribution >= 4 is 5.95 Å². The zero-order valence-corrected chi connectivity index (χ0v) is 12.2. The SMILES string of the molecule is CCCn1cnc(-c2ccc(F)cc2)c1-c1ccnc(N)n1. The Morgan fingerprint density at radius 1 is 1.14 bits per heavy atom. The Morgan fingerprint density at radius 3 is 2.59 bits per heavy atom. The lowest BCUT2D eigenvalue weighted by Gasteiger charge is -2.09. The van der Waals surface area contributed by atoms with E-state index in [4.69, 9.17) is 5.73 Å². The second kappa shape index (κ2) is 5.93. The number of nitrogen functional groups attached to an aromatic ring is 1. The maximum absolute atomic E-state index is 13.1. The summed E-state index contributed by atoms with van der Waals surface area (Å²) in [6.45, 7) is 2.91. The molecular formula is C16H16FN5. The van der Waals surface area contributed by atoms with Crippen LogP contribution in [0, 0.1) is 5.82 Å². The quantitative estimate of drug-likeness (QED) is 0.803. The van der Waals surface area contributed by atoms with Crippen molar-refractivity contribution in [3.05, 3.63) is 48.7 Å². The van der Waals surface area contributed by atoms with Gasteiger partial charge in [-0.25, -0.2) is 19.3 Å². The van der Waals surface area contributed by atoms with Crippen molar-refractivity contribution in [1.82, 2.24) is 19.5 Å². The molecule has 3 aromatic rings. The Hall–Kier alpha value is -2.76. The molecular weight excluding hydrogens is 281 g/mol. The highest BCUT2D eigenvalue weighted by atomic mass is 19.1. The topological polar surface area (TPSA) is 69.6 Å². The van der Waals surface area contributed by atoms with Crippen LogP contribution >= 0.6 is 0 Å². The largest absolute Gasteiger partial charge is 0.368 e. The van der Waals surface area contributed by atoms with Crippen molar-refractivity contribution in [2.75, 3.05) is 5.73 Å². The predicted molar refractivity (Wildman–Crippen MR) is 83.4 cm³/mol. The highest BCUT2D eigenvalue weighted by Crippen LogP contribution is 2.30. The number of hydrogen-bond donors (Lipinski definition) is 1. The minimum atomic E-state index is -0.274. The van der Waals surface area contributed by atoms with Crippen molar-refractivity contribution in [3.63, 3.8) is 0 Å². The van der Waals surface area contributed by atoms with E-state index in [1.165, 1.54) is 12.1 Å². The van der Waals surface area contributed by atoms with E-state index in [0.717, 1.165) is 29.9 Å². The summed E-state index contributed by atoms with van der Waals surface area (Å²) in [6, 6.07) is 8.06. The molecule has 0 bridgehead atoms. The molecule has 0 aliphatic carbocycles. The molecule has 0 saturated carbocycles. The monoisotopic (exact) mass is 297 g/mol. The first-order valence-corrected chi connectivity index (χ1v) is 7.09. The molecule has 0 atom stereocenters. The average molecular weight is 297 g/mol. The number of imidazole rings is 1. The molecule has 0 aliphatic rings. The normalized spacial score (nSPS) is 10.8. The lowest BCUT2D eigenvalue weighted by molar-refractivity contribution is 0.628. The third-order valence-corrected chi connectivity index (χ3v) is 3.34. The molecule has 0 amide bonds. The van der Waals surface area contributed by atoms with Crippen LogP contribution in [0.25, 0.3) is 22.6 Å². The molecule has 0 spiro atoms. The first-order valence-electron chi connectivity index (χ1n) is 7.09. The molecule has 0 radical (unpaired) electrons. The van der Waals surface area contributed by atoms with Gasteiger partial charge in [0.15, 0.2) is 0 Å². The Bertz CT molecular complexity index is 779. The van der Waals surface area contributed by atoms with Gasteiger partial charge >= 0.3 is 0 Å². The number of halogens is 1. The number of nitrogens with zero attached hydrogens (tertiary/aromatic N) is 4. The van der Waals surface area contributed by atoms with Crippen molar-refractivity contribution in [2.45, 2.75) is 19.9 Å². The molecule has 3 rings (SSSR count). The van der Waals surface area contributed by atoms with E-state index in [-0.39, 0.29) is 11.8 Å². The molecule has 22 heavy (non-hydrogen) atoms. The number of benzene rings is 1. The standard InChI is InChI=1S/C16H16FN5/c1-2-9-22-10-20-14(11-3-5-12(17)6-4-11)15(22)13-7-8-19-16(18)21-13/h3-8,10H,2,9H2,1H3,(H2,18,19,21). The van der Waals surface area contributed by atoms with Crippen LogP contribution in [0.15, 0.2) is 42.9 Å². The minimum Gasteiger partial charge on any atom is -0.368 e. The summed E-state index contributed by atoms with van der Waals surface area (Å²) in [4.78, 5) is 12.7. The highest BCUT2D eigenvalue weighted by molar-refractivity contribution is 5.77. The van der Waals surface area contributed by atoms with Crippen LogP contribution in [0.2, 0.25) is 0 Å². The Labute approximate surface area is 127 Å². The van der Waals surface area contributed by atoms with Crippen LogP contribution in [0.5, 0.6) is 0 Å². The molecule has 0 aliphatic heterocycles. The second-order valence-electron chi connectivity index (χ2n) is 4.94. The number of nitrogens with two attached hydrogens (primary N) is 1. The van der Waals surface area contributed by atoms with E-state index < -0.39 is 0 Å². The number of hydrogen-bond acceptors (Lipinski definition) is 4. The summed E-state index contributed by atoms with van der Waals surface area (Å²) in [6.07, 6.45) is 4.36. The lowest BCUT2D eigenvalue weighted by Crippen LogP contribution is -2.02. The van der Waals surface area contributed by atoms with Gasteiger partial charge in [0.1, 0.15) is 5.82 Å². The molecule has 0 fully saturated rings. The highest BCUT2D eigenvalue weighted by Gasteiger charge is 2.16. The molecule has 0 unspecified atom stereocenters. The molecule has 1 aromatic carbocycles. The number of aryl methyl sites for hydroxylation is 1. The van der Waals surface area contributed by atoms with Gasteiger partial charge in [-0.05, 0) is 36.8 Å². The number of rotatable bonds is 4. The van der Waals surface area contributed by atoms with Crippen LogP contribution in [0.3, 0.4) is 0 Å². The molecule has 2 N–H and O–H groups in total. The predicted octanol–water partition coefficient (Wildman–Crippen LogP) is 3.14. The summed E-state index contributed by atoms with van der Waals surface area (Å²) in [5.74, 6) is -0.0589. The minimum absolute atomic E-state index is 0.215. The van der Waals surface area contributed by atoms with Gasteiger partial charge in [0, 0.05) is 18.3 Å². The van der Waals surface area contributed by atoms with E-state index in [2.05, 4.69) is 21.9 Å². The van der Waals surface area contributed by atoms with Gasteiger partial charge in [-0.2, -0.15) is 0 Å². The fourth-order valence-corrected chi connectivity index (χ4v) is 2.39. The van der Waals surface area contributed by atoms with E-state index in [1.54, 1.807) is 30.7 Å². The zero-order valence-electron chi connectivity index (χ0n) is 12.2. The maximum atomic E-state index is 13.1. The van der Waals surface area contributed by atoms with E-state index in [9.17, 15) is 4.39 Å². The Balaban J connectivity index is 2.17. The van der Waals surface area contributed by atoms with Crippen LogP contribution < -0.4 is 5.73 Å². The van der Waals surface area contributed by atoms with Crippen LogP contribution in [-0.2, 0) is 6.54 Å². The molecule has 0 saturated heterocycles. The Morgan fingerprint density at radius 2 is 1.91 bits per heavy atom. The van der Waals surface area contributed by atoms with Crippen molar-refractivity contribution in [1.29, 1.82) is 0 Å². The summed E-state index contributed by atoms with van der Waals surface area (Å²) < 4.78 is 15.2. The Kier molecular flexibility index (Phi) is 3.82. The van der Waals surface area contributed by atoms with Gasteiger partial charge in [-0.15, -0.1) is 0 Å². The van der Waals surface area contributed by atoms with E-state index in [0.29, 0.717) is 5.69 Å². The summed E-state index contributed by atoms with van der Waals surface area (Å²) in [5, 5.41) is 0. The smallest absolute Gasteiger partial charge is 0.220 e. The van der Waals surface area contributed by atoms with Gasteiger partial charge in [0.25, 0.3) is 0 Å². The molecule has 2 heterocycles. The molecule has 112 valence electrons. The van der Waals surface area contributed by atoms with Crippen LogP contribution in [0.1, 0.15) is 13.3 Å². The fraction of sp³-hybridized carbons (Fsp3) is 0.188. The van der Waals surface area contributed by atoms with Crippen molar-refractivity contribution in [3.8, 4) is 22.6 Å². The second-order valence-corrected chi connectivity index (χ2v) is 4.94. The van der Waals surface area contributed by atoms with Gasteiger partial charge in [-0.1, -0.05) is 6.92 Å². The number of aromatic nitrogens is 4. The summed E-state index contributed by atoms with van der Waals surface area (Å²) >= 11 is 0. The molecule has 5 nitrogen and oxygen atoms in total. The third-order valence-electron chi connectivity index (χ3n) is 3.34. The summed E-state index contributed by atoms with van der Waals surface area (Å²) in [5.41, 5.74) is 8.86. The average Bonchev–Trinajstić information content (AvgIpc) is 2.92. The van der Waals surface area contributed by atoms with Crippen molar-refractivity contribution in [2.24, 2.45) is 0 Å². The maximum Gasteiger partial charge on any atom is 0.220 e. The van der Waals surface area contributed by atoms with E-state index in [1.807, 2.05) is 4.57 Å². The number of anilines is 1. The van der Waals surface area contributed by atoms with Gasteiger partial charge in [0.05, 0.1) is 23.4 Å². The third kappa shape index (κ3) is 2.67. The molecule has 2 aromatic heterocycles. The van der Waals surface area contributed by atoms with E-state index >= 15 is 0 Å². The van der Waals surface area contributed by atoms with Gasteiger partial charge < -0.3 is 10.3 Å². The van der Waals surface area contributed by atoms with Crippen molar-refractivity contribution < 1.29 is 4.39 Å². The van der Waals surface area contributed by atoms with Gasteiger partial charge in [-0.3, -0.25) is 0 Å². The first kappa shape index (κ1) is 14.2. The van der Waals surface area contributed by atoms with Crippen LogP contribution in [0.4, 0.5) is 10.3 Å².